The number of carbonyl (C=O) groups is 1. The van der Waals surface area contributed by atoms with E-state index in [0.717, 1.165) is 23.6 Å². The number of anilines is 1. The quantitative estimate of drug-likeness (QED) is 0.770. The van der Waals surface area contributed by atoms with Crippen LogP contribution in [0.4, 0.5) is 18.9 Å². The molecule has 5 nitrogen and oxygen atoms in total. The van der Waals surface area contributed by atoms with Crippen LogP contribution in [0.1, 0.15) is 15.9 Å². The lowest BCUT2D eigenvalue weighted by atomic mass is 10.1. The molecule has 0 unspecified atom stereocenters. The molecule has 2 aromatic rings. The molecule has 0 saturated heterocycles. The Morgan fingerprint density at radius 1 is 1.14 bits per heavy atom. The van der Waals surface area contributed by atoms with Crippen LogP contribution in [-0.4, -0.2) is 33.2 Å². The van der Waals surface area contributed by atoms with Gasteiger partial charge in [0.05, 0.1) is 24.5 Å². The Kier molecular flexibility index (Phi) is 5.20. The van der Waals surface area contributed by atoms with Gasteiger partial charge in [0.1, 0.15) is 5.75 Å². The Bertz CT molecular complexity index is 1010. The van der Waals surface area contributed by atoms with Crippen LogP contribution in [-0.2, 0) is 16.0 Å². The van der Waals surface area contributed by atoms with E-state index in [4.69, 9.17) is 4.74 Å². The van der Waals surface area contributed by atoms with Gasteiger partial charge in [-0.2, -0.15) is 13.2 Å². The summed E-state index contributed by atoms with van der Waals surface area (Å²) >= 11 is 0. The van der Waals surface area contributed by atoms with Crippen molar-refractivity contribution < 1.29 is 31.1 Å². The summed E-state index contributed by atoms with van der Waals surface area (Å²) < 4.78 is 67.8. The van der Waals surface area contributed by atoms with Gasteiger partial charge in [-0.1, -0.05) is 6.07 Å². The fourth-order valence-electron chi connectivity index (χ4n) is 2.89. The molecule has 1 aliphatic rings. The number of carbonyl (C=O) groups excluding carboxylic acids is 1. The second-order valence-corrected chi connectivity index (χ2v) is 8.11. The fraction of sp³-hybridized carbons (Fsp3) is 0.211. The molecule has 0 aromatic heterocycles. The maximum atomic E-state index is 13.1. The first-order chi connectivity index (χ1) is 13.1. The summed E-state index contributed by atoms with van der Waals surface area (Å²) in [6, 6.07) is 9.45. The van der Waals surface area contributed by atoms with Crippen molar-refractivity contribution >= 4 is 21.4 Å². The molecule has 1 heterocycles. The van der Waals surface area contributed by atoms with E-state index in [1.165, 1.54) is 24.2 Å². The van der Waals surface area contributed by atoms with Gasteiger partial charge in [0.2, 0.25) is 0 Å². The zero-order valence-corrected chi connectivity index (χ0v) is 15.5. The van der Waals surface area contributed by atoms with Gasteiger partial charge in [-0.25, -0.2) is 8.42 Å². The van der Waals surface area contributed by atoms with Gasteiger partial charge in [-0.3, -0.25) is 4.79 Å². The largest absolute Gasteiger partial charge is 0.497 e. The molecule has 1 atom stereocenters. The number of alkyl halides is 3. The van der Waals surface area contributed by atoms with Crippen LogP contribution < -0.4 is 9.64 Å². The van der Waals surface area contributed by atoms with Crippen molar-refractivity contribution in [3.63, 3.8) is 0 Å². The number of hydrogen-bond acceptors (Lipinski definition) is 4. The van der Waals surface area contributed by atoms with E-state index in [0.29, 0.717) is 11.4 Å². The third-order valence-corrected chi connectivity index (χ3v) is 5.63. The van der Waals surface area contributed by atoms with Crippen molar-refractivity contribution in [2.75, 3.05) is 17.8 Å². The molecule has 1 amide bonds. The number of halogens is 3. The van der Waals surface area contributed by atoms with Gasteiger partial charge in [-0.15, -0.1) is 0 Å². The van der Waals surface area contributed by atoms with Gasteiger partial charge in [0.25, 0.3) is 5.91 Å². The molecule has 28 heavy (non-hydrogen) atoms. The number of nitrogens with zero attached hydrogens (tertiary/aromatic N) is 1. The molecule has 148 valence electrons. The van der Waals surface area contributed by atoms with E-state index in [-0.39, 0.29) is 11.3 Å². The predicted molar refractivity (Wildman–Crippen MR) is 98.0 cm³/mol. The van der Waals surface area contributed by atoms with Crippen LogP contribution in [0.3, 0.4) is 0 Å². The lowest BCUT2D eigenvalue weighted by Gasteiger charge is -2.28. The molecule has 0 bridgehead atoms. The third-order valence-electron chi connectivity index (χ3n) is 4.25. The van der Waals surface area contributed by atoms with E-state index in [9.17, 15) is 26.4 Å². The molecule has 0 saturated carbocycles. The summed E-state index contributed by atoms with van der Waals surface area (Å²) in [6.45, 7) is 0. The second-order valence-electron chi connectivity index (χ2n) is 6.18. The van der Waals surface area contributed by atoms with Crippen molar-refractivity contribution in [1.82, 2.24) is 0 Å². The smallest absolute Gasteiger partial charge is 0.416 e. The van der Waals surface area contributed by atoms with E-state index in [2.05, 4.69) is 0 Å². The molecule has 0 spiro atoms. The topological polar surface area (TPSA) is 63.7 Å². The summed E-state index contributed by atoms with van der Waals surface area (Å²) in [5.41, 5.74) is -0.805. The number of benzene rings is 2. The van der Waals surface area contributed by atoms with Gasteiger partial charge < -0.3 is 9.64 Å². The second kappa shape index (κ2) is 7.31. The lowest BCUT2D eigenvalue weighted by Crippen LogP contribution is -2.41. The minimum absolute atomic E-state index is 0.191. The molecule has 0 radical (unpaired) electrons. The minimum Gasteiger partial charge on any atom is -0.497 e. The highest BCUT2D eigenvalue weighted by molar-refractivity contribution is 7.94. The van der Waals surface area contributed by atoms with Crippen molar-refractivity contribution in [2.24, 2.45) is 0 Å². The Hall–Kier alpha value is -2.81. The van der Waals surface area contributed by atoms with E-state index < -0.39 is 33.5 Å². The van der Waals surface area contributed by atoms with Gasteiger partial charge >= 0.3 is 6.18 Å². The number of ether oxygens (including phenoxy) is 1. The van der Waals surface area contributed by atoms with Crippen molar-refractivity contribution in [3.8, 4) is 5.75 Å². The Balaban J connectivity index is 2.03. The first-order valence-corrected chi connectivity index (χ1v) is 9.88. The maximum Gasteiger partial charge on any atom is 0.416 e. The number of hydrogen-bond donors (Lipinski definition) is 0. The molecule has 0 N–H and O–H groups in total. The Morgan fingerprint density at radius 3 is 2.36 bits per heavy atom. The summed E-state index contributed by atoms with van der Waals surface area (Å²) in [5, 5.41) is 1.01. The molecule has 0 aliphatic carbocycles. The molecule has 3 rings (SSSR count). The summed E-state index contributed by atoms with van der Waals surface area (Å²) in [5.74, 6) is -0.559. The number of amides is 1. The lowest BCUT2D eigenvalue weighted by molar-refractivity contribution is -0.137. The summed E-state index contributed by atoms with van der Waals surface area (Å²) in [4.78, 5) is 14.3. The molecule has 1 aliphatic heterocycles. The Labute approximate surface area is 160 Å². The molecular formula is C19H16F3NO4S. The van der Waals surface area contributed by atoms with Gasteiger partial charge in [-0.05, 0) is 48.5 Å². The first kappa shape index (κ1) is 19.9. The fourth-order valence-corrected chi connectivity index (χ4v) is 4.16. The van der Waals surface area contributed by atoms with Crippen molar-refractivity contribution in [3.05, 3.63) is 71.1 Å². The highest BCUT2D eigenvalue weighted by Crippen LogP contribution is 2.31. The highest BCUT2D eigenvalue weighted by atomic mass is 32.2. The first-order valence-electron chi connectivity index (χ1n) is 8.16. The van der Waals surface area contributed by atoms with Crippen LogP contribution in [0.25, 0.3) is 0 Å². The average molecular weight is 411 g/mol. The van der Waals surface area contributed by atoms with E-state index >= 15 is 0 Å². The highest BCUT2D eigenvalue weighted by Gasteiger charge is 2.34. The zero-order valence-electron chi connectivity index (χ0n) is 14.7. The predicted octanol–water partition coefficient (Wildman–Crippen LogP) is 3.67. The Morgan fingerprint density at radius 2 is 1.82 bits per heavy atom. The standard InChI is InChI=1S/C19H16F3NO4S/c1-27-17-7-5-15(6-8-17)23(16-9-10-28(25,26)12-16)18(24)13-3-2-4-14(11-13)19(20,21)22/h2-11,16H,12H2,1H3/t16-/m0/s1. The molecule has 0 fully saturated rings. The molecule has 2 aromatic carbocycles. The van der Waals surface area contributed by atoms with E-state index in [1.807, 2.05) is 0 Å². The van der Waals surface area contributed by atoms with Crippen molar-refractivity contribution in [1.29, 1.82) is 0 Å². The third kappa shape index (κ3) is 4.19. The molecular weight excluding hydrogens is 395 g/mol. The average Bonchev–Trinajstić information content (AvgIpc) is 3.01. The summed E-state index contributed by atoms with van der Waals surface area (Å²) in [6.07, 6.45) is -3.25. The van der Waals surface area contributed by atoms with Crippen LogP contribution in [0, 0.1) is 0 Å². The monoisotopic (exact) mass is 411 g/mol. The summed E-state index contributed by atoms with van der Waals surface area (Å²) in [7, 11) is -2.02. The van der Waals surface area contributed by atoms with Crippen LogP contribution in [0.2, 0.25) is 0 Å². The van der Waals surface area contributed by atoms with E-state index in [1.54, 1.807) is 24.3 Å². The zero-order chi connectivity index (χ0) is 20.5. The number of sulfone groups is 1. The normalized spacial score (nSPS) is 18.1. The van der Waals surface area contributed by atoms with Crippen molar-refractivity contribution in [2.45, 2.75) is 12.2 Å². The minimum atomic E-state index is -4.60. The number of methoxy groups -OCH3 is 1. The number of rotatable bonds is 4. The van der Waals surface area contributed by atoms with Crippen LogP contribution in [0.15, 0.2) is 60.0 Å². The maximum absolute atomic E-state index is 13.1. The van der Waals surface area contributed by atoms with Gasteiger partial charge in [0.15, 0.2) is 9.84 Å². The SMILES string of the molecule is COc1ccc(N(C(=O)c2cccc(C(F)(F)F)c2)[C@H]2C=CS(=O)(=O)C2)cc1. The van der Waals surface area contributed by atoms with Crippen LogP contribution in [0.5, 0.6) is 5.75 Å². The van der Waals surface area contributed by atoms with Gasteiger partial charge in [0, 0.05) is 16.7 Å². The van der Waals surface area contributed by atoms with Crippen LogP contribution >= 0.6 is 0 Å². The molecule has 9 heteroatoms.